The molecular weight excluding hydrogens is 406 g/mol. The van der Waals surface area contributed by atoms with Crippen LogP contribution in [-0.2, 0) is 0 Å². The predicted octanol–water partition coefficient (Wildman–Crippen LogP) is 10.7. The minimum atomic E-state index is 1.18. The largest absolute Gasteiger partial charge is 0.285 e. The van der Waals surface area contributed by atoms with Crippen LogP contribution in [0, 0.1) is 0 Å². The Balaban J connectivity index is 1.44. The van der Waals surface area contributed by atoms with E-state index >= 15 is 0 Å². The SMILES string of the molecule is CCCCCCCCCCCCCCCCCCSN(c1ccccc1)c1ccccc1. The minimum Gasteiger partial charge on any atom is -0.285 e. The quantitative estimate of drug-likeness (QED) is 0.145. The van der Waals surface area contributed by atoms with Crippen LogP contribution in [0.3, 0.4) is 0 Å². The van der Waals surface area contributed by atoms with E-state index in [0.717, 1.165) is 0 Å². The van der Waals surface area contributed by atoms with Gasteiger partial charge in [0.1, 0.15) is 0 Å². The van der Waals surface area contributed by atoms with Gasteiger partial charge in [0.15, 0.2) is 0 Å². The summed E-state index contributed by atoms with van der Waals surface area (Å²) in [6.45, 7) is 2.30. The fraction of sp³-hybridized carbons (Fsp3) is 0.600. The molecule has 0 saturated heterocycles. The van der Waals surface area contributed by atoms with Gasteiger partial charge in [0.2, 0.25) is 0 Å². The molecule has 0 unspecified atom stereocenters. The van der Waals surface area contributed by atoms with Crippen LogP contribution >= 0.6 is 11.9 Å². The molecule has 2 rings (SSSR count). The highest BCUT2D eigenvalue weighted by Crippen LogP contribution is 2.32. The highest BCUT2D eigenvalue weighted by Gasteiger charge is 2.09. The van der Waals surface area contributed by atoms with E-state index in [4.69, 9.17) is 0 Å². The first-order valence-electron chi connectivity index (χ1n) is 13.4. The van der Waals surface area contributed by atoms with Gasteiger partial charge in [0, 0.05) is 5.75 Å². The van der Waals surface area contributed by atoms with Crippen molar-refractivity contribution >= 4 is 23.3 Å². The molecule has 2 aromatic carbocycles. The number of hydrogen-bond donors (Lipinski definition) is 0. The molecule has 0 saturated carbocycles. The van der Waals surface area contributed by atoms with E-state index < -0.39 is 0 Å². The Morgan fingerprint density at radius 1 is 0.469 bits per heavy atom. The van der Waals surface area contributed by atoms with Gasteiger partial charge in [0.25, 0.3) is 0 Å². The molecule has 0 N–H and O–H groups in total. The Labute approximate surface area is 203 Å². The Hall–Kier alpha value is -1.41. The van der Waals surface area contributed by atoms with Crippen molar-refractivity contribution in [1.82, 2.24) is 0 Å². The van der Waals surface area contributed by atoms with E-state index in [1.807, 2.05) is 11.9 Å². The summed E-state index contributed by atoms with van der Waals surface area (Å²) in [7, 11) is 0. The van der Waals surface area contributed by atoms with Gasteiger partial charge in [-0.25, -0.2) is 0 Å². The fourth-order valence-electron chi connectivity index (χ4n) is 4.23. The molecule has 1 nitrogen and oxygen atoms in total. The number of para-hydroxylation sites is 2. The lowest BCUT2D eigenvalue weighted by Crippen LogP contribution is -2.07. The summed E-state index contributed by atoms with van der Waals surface area (Å²) < 4.78 is 2.38. The van der Waals surface area contributed by atoms with Crippen molar-refractivity contribution in [2.24, 2.45) is 0 Å². The second kappa shape index (κ2) is 19.1. The van der Waals surface area contributed by atoms with Crippen LogP contribution in [0.1, 0.15) is 110 Å². The van der Waals surface area contributed by atoms with Gasteiger partial charge >= 0.3 is 0 Å². The topological polar surface area (TPSA) is 3.24 Å². The lowest BCUT2D eigenvalue weighted by atomic mass is 10.0. The summed E-state index contributed by atoms with van der Waals surface area (Å²) in [6, 6.07) is 21.5. The van der Waals surface area contributed by atoms with E-state index in [1.54, 1.807) is 0 Å². The van der Waals surface area contributed by atoms with Crippen LogP contribution in [-0.4, -0.2) is 5.75 Å². The summed E-state index contributed by atoms with van der Waals surface area (Å²) in [5.74, 6) is 1.18. The zero-order valence-electron chi connectivity index (χ0n) is 20.6. The highest BCUT2D eigenvalue weighted by atomic mass is 32.2. The Bertz CT molecular complexity index is 603. The van der Waals surface area contributed by atoms with Crippen molar-refractivity contribution in [1.29, 1.82) is 0 Å². The first-order valence-corrected chi connectivity index (χ1v) is 14.4. The molecule has 0 fully saturated rings. The van der Waals surface area contributed by atoms with Crippen molar-refractivity contribution in [3.8, 4) is 0 Å². The number of hydrogen-bond acceptors (Lipinski definition) is 2. The van der Waals surface area contributed by atoms with Gasteiger partial charge < -0.3 is 0 Å². The number of unbranched alkanes of at least 4 members (excludes halogenated alkanes) is 15. The van der Waals surface area contributed by atoms with Crippen molar-refractivity contribution in [3.63, 3.8) is 0 Å². The summed E-state index contributed by atoms with van der Waals surface area (Å²) in [6.07, 6.45) is 22.8. The molecule has 0 aliphatic carbocycles. The lowest BCUT2D eigenvalue weighted by molar-refractivity contribution is 0.531. The molecule has 0 aliphatic rings. The van der Waals surface area contributed by atoms with Crippen molar-refractivity contribution in [2.45, 2.75) is 110 Å². The molecule has 0 aliphatic heterocycles. The normalized spacial score (nSPS) is 11.0. The summed E-state index contributed by atoms with van der Waals surface area (Å²) >= 11 is 1.95. The molecule has 2 heteroatoms. The zero-order chi connectivity index (χ0) is 22.5. The number of rotatable bonds is 20. The third-order valence-corrected chi connectivity index (χ3v) is 7.35. The average molecular weight is 454 g/mol. The minimum absolute atomic E-state index is 1.18. The highest BCUT2D eigenvalue weighted by molar-refractivity contribution is 8.00. The molecule has 0 amide bonds. The first-order chi connectivity index (χ1) is 15.9. The van der Waals surface area contributed by atoms with Crippen molar-refractivity contribution in [2.75, 3.05) is 10.1 Å². The van der Waals surface area contributed by atoms with Crippen LogP contribution in [0.4, 0.5) is 11.4 Å². The summed E-state index contributed by atoms with van der Waals surface area (Å²) in [5, 5.41) is 0. The first kappa shape index (κ1) is 26.8. The molecule has 0 spiro atoms. The second-order valence-electron chi connectivity index (χ2n) is 9.10. The molecule has 178 valence electrons. The molecular formula is C30H47NS. The van der Waals surface area contributed by atoms with Crippen LogP contribution in [0.5, 0.6) is 0 Å². The Kier molecular flexibility index (Phi) is 16.0. The summed E-state index contributed by atoms with van der Waals surface area (Å²) in [4.78, 5) is 0. The maximum absolute atomic E-state index is 2.38. The van der Waals surface area contributed by atoms with Gasteiger partial charge in [-0.2, -0.15) is 0 Å². The molecule has 0 bridgehead atoms. The summed E-state index contributed by atoms with van der Waals surface area (Å²) in [5.41, 5.74) is 2.53. The van der Waals surface area contributed by atoms with Gasteiger partial charge in [-0.15, -0.1) is 0 Å². The second-order valence-corrected chi connectivity index (χ2v) is 10.1. The maximum atomic E-state index is 2.38. The molecule has 0 radical (unpaired) electrons. The van der Waals surface area contributed by atoms with Gasteiger partial charge in [-0.1, -0.05) is 140 Å². The van der Waals surface area contributed by atoms with E-state index in [1.165, 1.54) is 120 Å². The zero-order valence-corrected chi connectivity index (χ0v) is 21.5. The molecule has 0 aromatic heterocycles. The van der Waals surface area contributed by atoms with Crippen LogP contribution in [0.25, 0.3) is 0 Å². The van der Waals surface area contributed by atoms with Crippen molar-refractivity contribution < 1.29 is 0 Å². The smallest absolute Gasteiger partial charge is 0.0525 e. The fourth-order valence-corrected chi connectivity index (χ4v) is 5.29. The van der Waals surface area contributed by atoms with Crippen LogP contribution < -0.4 is 4.31 Å². The van der Waals surface area contributed by atoms with E-state index in [9.17, 15) is 0 Å². The molecule has 0 atom stereocenters. The van der Waals surface area contributed by atoms with E-state index in [2.05, 4.69) is 71.9 Å². The number of benzene rings is 2. The number of nitrogens with zero attached hydrogens (tertiary/aromatic N) is 1. The third-order valence-electron chi connectivity index (χ3n) is 6.20. The van der Waals surface area contributed by atoms with Crippen molar-refractivity contribution in [3.05, 3.63) is 60.7 Å². The van der Waals surface area contributed by atoms with Gasteiger partial charge in [-0.3, -0.25) is 4.31 Å². The third kappa shape index (κ3) is 12.6. The van der Waals surface area contributed by atoms with E-state index in [-0.39, 0.29) is 0 Å². The molecule has 32 heavy (non-hydrogen) atoms. The van der Waals surface area contributed by atoms with Gasteiger partial charge in [0.05, 0.1) is 11.4 Å². The number of anilines is 2. The lowest BCUT2D eigenvalue weighted by Gasteiger charge is -2.23. The maximum Gasteiger partial charge on any atom is 0.0525 e. The Morgan fingerprint density at radius 2 is 0.812 bits per heavy atom. The monoisotopic (exact) mass is 453 g/mol. The Morgan fingerprint density at radius 3 is 1.19 bits per heavy atom. The molecule has 2 aromatic rings. The van der Waals surface area contributed by atoms with Crippen LogP contribution in [0.15, 0.2) is 60.7 Å². The standard InChI is InChI=1S/C30H47NS/c1-2-3-4-5-6-7-8-9-10-11-12-13-14-15-16-23-28-32-31(29-24-19-17-20-25-29)30-26-21-18-22-27-30/h17-22,24-27H,2-16,23,28H2,1H3. The van der Waals surface area contributed by atoms with Crippen LogP contribution in [0.2, 0.25) is 0 Å². The average Bonchev–Trinajstić information content (AvgIpc) is 2.84. The van der Waals surface area contributed by atoms with E-state index in [0.29, 0.717) is 0 Å². The van der Waals surface area contributed by atoms with Gasteiger partial charge in [-0.05, 0) is 42.6 Å². The predicted molar refractivity (Wildman–Crippen MR) is 147 cm³/mol. The molecule has 0 heterocycles.